The van der Waals surface area contributed by atoms with Gasteiger partial charge in [-0.3, -0.25) is 24.5 Å². The van der Waals surface area contributed by atoms with Crippen molar-refractivity contribution in [1.82, 2.24) is 5.32 Å². The van der Waals surface area contributed by atoms with E-state index in [-0.39, 0.29) is 54.7 Å². The monoisotopic (exact) mass is 586 g/mol. The van der Waals surface area contributed by atoms with Crippen LogP contribution < -0.4 is 10.6 Å². The lowest BCUT2D eigenvalue weighted by Crippen LogP contribution is -2.53. The van der Waals surface area contributed by atoms with Gasteiger partial charge in [0.1, 0.15) is 0 Å². The van der Waals surface area contributed by atoms with Gasteiger partial charge in [-0.2, -0.15) is 0 Å². The van der Waals surface area contributed by atoms with E-state index in [4.69, 9.17) is 14.2 Å². The number of hydrogen-bond acceptors (Lipinski definition) is 9. The van der Waals surface area contributed by atoms with E-state index in [0.717, 1.165) is 31.2 Å². The molecule has 11 heteroatoms. The van der Waals surface area contributed by atoms with Crippen molar-refractivity contribution in [2.24, 2.45) is 23.7 Å². The zero-order valence-electron chi connectivity index (χ0n) is 24.6. The smallest absolute Gasteiger partial charge is 0.308 e. The Kier molecular flexibility index (Phi) is 9.03. The molecule has 8 unspecified atom stereocenters. The summed E-state index contributed by atoms with van der Waals surface area (Å²) in [5, 5.41) is 14.7. The van der Waals surface area contributed by atoms with Gasteiger partial charge in [0.05, 0.1) is 11.8 Å². The summed E-state index contributed by atoms with van der Waals surface area (Å²) in [6.07, 6.45) is 4.13. The molecule has 3 amide bonds. The molecule has 1 saturated carbocycles. The number of rotatable bonds is 8. The van der Waals surface area contributed by atoms with Crippen LogP contribution in [0.25, 0.3) is 0 Å². The van der Waals surface area contributed by atoms with Crippen LogP contribution in [-0.2, 0) is 43.7 Å². The third kappa shape index (κ3) is 6.10. The lowest BCUT2D eigenvalue weighted by atomic mass is 9.65. The second kappa shape index (κ2) is 12.4. The van der Waals surface area contributed by atoms with Crippen molar-refractivity contribution in [3.05, 3.63) is 29.8 Å². The van der Waals surface area contributed by atoms with Crippen LogP contribution in [0.3, 0.4) is 0 Å². The molecule has 230 valence electrons. The summed E-state index contributed by atoms with van der Waals surface area (Å²) < 4.78 is 18.0. The Bertz CT molecular complexity index is 1190. The van der Waals surface area contributed by atoms with Crippen LogP contribution in [0.1, 0.15) is 90.5 Å². The standard InChI is InChI=1S/C31H42N2O9/c1-4-31(17-15-24(35)33-29(31)37)20-8-10-21(11-9-20)32-23(34)12-13-25(36)39-27-18(2)22-7-5-6-19-14-16-30(3,42-38)41-28(40-27)26(19)22/h8-11,18-19,22,26-28,38H,4-7,12-17H2,1-3H3,(H,32,34)(H,33,35,37). The molecule has 4 aliphatic rings. The van der Waals surface area contributed by atoms with E-state index in [1.165, 1.54) is 0 Å². The number of nitrogens with one attached hydrogen (secondary N) is 2. The molecule has 1 aliphatic carbocycles. The second-order valence-electron chi connectivity index (χ2n) is 12.5. The van der Waals surface area contributed by atoms with E-state index in [9.17, 15) is 24.4 Å². The van der Waals surface area contributed by atoms with Gasteiger partial charge in [0.25, 0.3) is 0 Å². The quantitative estimate of drug-likeness (QED) is 0.174. The molecule has 3 heterocycles. The molecule has 42 heavy (non-hydrogen) atoms. The number of benzene rings is 1. The summed E-state index contributed by atoms with van der Waals surface area (Å²) in [6, 6.07) is 7.01. The highest BCUT2D eigenvalue weighted by Gasteiger charge is 2.54. The number of esters is 1. The first-order valence-corrected chi connectivity index (χ1v) is 15.2. The Labute approximate surface area is 245 Å². The first-order chi connectivity index (χ1) is 20.1. The Morgan fingerprint density at radius 1 is 1.12 bits per heavy atom. The van der Waals surface area contributed by atoms with Gasteiger partial charge in [0, 0.05) is 36.8 Å². The van der Waals surface area contributed by atoms with E-state index >= 15 is 0 Å². The molecular formula is C31H42N2O9. The zero-order chi connectivity index (χ0) is 30.1. The van der Waals surface area contributed by atoms with E-state index in [0.29, 0.717) is 30.9 Å². The Balaban J connectivity index is 1.15. The Morgan fingerprint density at radius 3 is 2.57 bits per heavy atom. The summed E-state index contributed by atoms with van der Waals surface area (Å²) in [4.78, 5) is 54.4. The molecular weight excluding hydrogens is 544 g/mol. The van der Waals surface area contributed by atoms with Gasteiger partial charge in [-0.1, -0.05) is 32.4 Å². The molecule has 4 fully saturated rings. The number of ether oxygens (including phenoxy) is 3. The normalized spacial score (nSPS) is 36.3. The van der Waals surface area contributed by atoms with E-state index in [2.05, 4.69) is 15.5 Å². The van der Waals surface area contributed by atoms with Gasteiger partial charge in [-0.05, 0) is 68.6 Å². The maximum Gasteiger partial charge on any atom is 0.308 e. The predicted octanol–water partition coefficient (Wildman–Crippen LogP) is 4.40. The number of carbonyl (C=O) groups excluding carboxylic acids is 4. The fraction of sp³-hybridized carbons (Fsp3) is 0.677. The number of carbonyl (C=O) groups is 4. The van der Waals surface area contributed by atoms with Crippen molar-refractivity contribution < 1.29 is 43.5 Å². The number of amides is 3. The maximum atomic E-state index is 12.8. The molecule has 3 N–H and O–H groups in total. The summed E-state index contributed by atoms with van der Waals surface area (Å²) in [6.45, 7) is 5.63. The maximum absolute atomic E-state index is 12.8. The molecule has 0 radical (unpaired) electrons. The average Bonchev–Trinajstić information content (AvgIpc) is 3.12. The number of piperidine rings is 1. The van der Waals surface area contributed by atoms with Crippen LogP contribution in [0, 0.1) is 23.7 Å². The van der Waals surface area contributed by atoms with Gasteiger partial charge < -0.3 is 19.5 Å². The van der Waals surface area contributed by atoms with E-state index in [1.807, 2.05) is 13.8 Å². The average molecular weight is 587 g/mol. The first-order valence-electron chi connectivity index (χ1n) is 15.2. The van der Waals surface area contributed by atoms with Crippen molar-refractivity contribution in [2.75, 3.05) is 5.32 Å². The largest absolute Gasteiger partial charge is 0.435 e. The van der Waals surface area contributed by atoms with Crippen molar-refractivity contribution >= 4 is 29.4 Å². The minimum atomic E-state index is -1.18. The number of hydrogen-bond donors (Lipinski definition) is 3. The van der Waals surface area contributed by atoms with Crippen molar-refractivity contribution in [3.8, 4) is 0 Å². The fourth-order valence-corrected chi connectivity index (χ4v) is 7.40. The van der Waals surface area contributed by atoms with Crippen LogP contribution in [0.5, 0.6) is 0 Å². The van der Waals surface area contributed by atoms with Gasteiger partial charge >= 0.3 is 5.97 Å². The van der Waals surface area contributed by atoms with Crippen LogP contribution in [0.4, 0.5) is 5.69 Å². The predicted molar refractivity (Wildman–Crippen MR) is 149 cm³/mol. The minimum absolute atomic E-state index is 0.0378. The Hall–Kier alpha value is -2.86. The highest BCUT2D eigenvalue weighted by Crippen LogP contribution is 2.52. The zero-order valence-corrected chi connectivity index (χ0v) is 24.6. The fourth-order valence-electron chi connectivity index (χ4n) is 7.40. The number of imide groups is 1. The molecule has 3 saturated heterocycles. The molecule has 0 aromatic heterocycles. The van der Waals surface area contributed by atoms with Crippen LogP contribution in [0.15, 0.2) is 24.3 Å². The summed E-state index contributed by atoms with van der Waals surface area (Å²) >= 11 is 0. The molecule has 1 aromatic carbocycles. The molecule has 5 rings (SSSR count). The lowest BCUT2D eigenvalue weighted by molar-refractivity contribution is -0.442. The van der Waals surface area contributed by atoms with Crippen LogP contribution in [0.2, 0.25) is 0 Å². The highest BCUT2D eigenvalue weighted by molar-refractivity contribution is 6.03. The van der Waals surface area contributed by atoms with Crippen LogP contribution in [-0.4, -0.2) is 47.3 Å². The van der Waals surface area contributed by atoms with Crippen molar-refractivity contribution in [3.63, 3.8) is 0 Å². The van der Waals surface area contributed by atoms with Crippen molar-refractivity contribution in [1.29, 1.82) is 0 Å². The van der Waals surface area contributed by atoms with Crippen LogP contribution >= 0.6 is 0 Å². The summed E-state index contributed by atoms with van der Waals surface area (Å²) in [5.41, 5.74) is 0.550. The molecule has 1 aromatic rings. The van der Waals surface area contributed by atoms with E-state index < -0.39 is 29.8 Å². The summed E-state index contributed by atoms with van der Waals surface area (Å²) in [5.74, 6) is -1.89. The number of anilines is 1. The van der Waals surface area contributed by atoms with Gasteiger partial charge in [-0.15, -0.1) is 0 Å². The SMILES string of the molecule is CCC1(c2ccc(NC(=O)CCC(=O)OC3OC4OC(C)(OO)CCC5CCCC(C3C)C54)cc2)CCC(=O)NC1=O. The first kappa shape index (κ1) is 30.6. The van der Waals surface area contributed by atoms with Crippen molar-refractivity contribution in [2.45, 2.75) is 109 Å². The summed E-state index contributed by atoms with van der Waals surface area (Å²) in [7, 11) is 0. The molecule has 8 atom stereocenters. The minimum Gasteiger partial charge on any atom is -0.435 e. The van der Waals surface area contributed by atoms with Gasteiger partial charge in [0.15, 0.2) is 6.29 Å². The molecule has 3 aliphatic heterocycles. The highest BCUT2D eigenvalue weighted by atomic mass is 17.1. The second-order valence-corrected chi connectivity index (χ2v) is 12.5. The molecule has 0 spiro atoms. The third-order valence-corrected chi connectivity index (χ3v) is 9.96. The third-order valence-electron chi connectivity index (χ3n) is 9.96. The van der Waals surface area contributed by atoms with Gasteiger partial charge in [-0.25, -0.2) is 10.1 Å². The topological polar surface area (TPSA) is 149 Å². The molecule has 0 bridgehead atoms. The molecule has 11 nitrogen and oxygen atoms in total. The Morgan fingerprint density at radius 2 is 1.88 bits per heavy atom. The van der Waals surface area contributed by atoms with E-state index in [1.54, 1.807) is 31.2 Å². The lowest BCUT2D eigenvalue weighted by Gasteiger charge is -2.49. The van der Waals surface area contributed by atoms with Gasteiger partial charge in [0.2, 0.25) is 29.8 Å².